The zero-order valence-corrected chi connectivity index (χ0v) is 48.2. The van der Waals surface area contributed by atoms with Crippen LogP contribution in [-0.2, 0) is 48.1 Å². The van der Waals surface area contributed by atoms with E-state index in [0.29, 0.717) is 16.9 Å². The van der Waals surface area contributed by atoms with Gasteiger partial charge in [0.05, 0.1) is 24.9 Å². The quantitative estimate of drug-likeness (QED) is 0.123. The first-order valence-electron chi connectivity index (χ1n) is 46.1. The maximum absolute atomic E-state index is 10.6. The Labute approximate surface area is 575 Å². The minimum Gasteiger partial charge on any atom is -0.510 e. The summed E-state index contributed by atoms with van der Waals surface area (Å²) >= 11 is 0. The van der Waals surface area contributed by atoms with E-state index in [1.54, 1.807) is 72.9 Å². The molecule has 4 heterocycles. The molecule has 1 aliphatic heterocycles. The number of nitrogens with zero attached hydrogens (tertiary/aromatic N) is 4. The summed E-state index contributed by atoms with van der Waals surface area (Å²) in [5.41, 5.74) is -25.9. The number of hydrogen-bond donors (Lipinski definition) is 0. The van der Waals surface area contributed by atoms with E-state index >= 15 is 0 Å². The molecule has 0 spiro atoms. The summed E-state index contributed by atoms with van der Waals surface area (Å²) in [5.74, 6) is 0.847. The normalized spacial score (nSPS) is 25.9. The summed E-state index contributed by atoms with van der Waals surface area (Å²) in [7, 11) is 0. The van der Waals surface area contributed by atoms with E-state index in [-0.39, 0.29) is 82.5 Å². The number of fused-ring (bicyclic) bond motifs is 12. The molecule has 0 N–H and O–H groups in total. The molecule has 9 aromatic carbocycles. The molecule has 12 aromatic rings. The van der Waals surface area contributed by atoms with Crippen LogP contribution in [0.2, 0.25) is 0 Å². The Morgan fingerprint density at radius 3 is 1.86 bits per heavy atom. The van der Waals surface area contributed by atoms with Gasteiger partial charge in [-0.2, -0.15) is 18.2 Å². The SMILES string of the molecule is [2H]c1c([2H])c2c(c([2H])c1-c1ccc3c(c1)-c1cccc(-c4c([2H])c([2H])c5c(c4[2H])C(C([2H])([2H])[2H])(C([2H])([2H])[2H])C([2H])([2H])C([2H])([2H])C5(C([2H])([2H])[2H])C([2H])([2H])[2H])c1-[n+]1[c-]n(-c4[c-]c(Oc5[c-]c6c(cc5)c5ccccc5n6-c5cc(C(C)(C)C)ccn5)ccc4)c4cccc(c41)-c1ccccc1-3)C(C([2H])([2H])[2H])(C([2H])([2H])[2H])C([2H])([2H])C([2H])([2H])C2(C([2H])([2H])[2H])C([2H])([2H])[2H].[Pt]. The van der Waals surface area contributed by atoms with Gasteiger partial charge in [0.15, 0.2) is 0 Å². The van der Waals surface area contributed by atoms with Gasteiger partial charge in [-0.25, -0.2) is 4.98 Å². The predicted molar refractivity (Wildman–Crippen MR) is 350 cm³/mol. The molecule has 0 saturated carbocycles. The summed E-state index contributed by atoms with van der Waals surface area (Å²) in [5, 5.41) is 1.68. The van der Waals surface area contributed by atoms with Gasteiger partial charge in [-0.1, -0.05) is 208 Å². The first-order valence-corrected chi connectivity index (χ1v) is 27.1. The smallest absolute Gasteiger partial charge is 0.268 e. The van der Waals surface area contributed by atoms with E-state index in [2.05, 4.69) is 39.2 Å². The van der Waals surface area contributed by atoms with Crippen LogP contribution in [0.5, 0.6) is 11.5 Å². The molecular weight excluding hydrogens is 1230 g/mol. The molecule has 0 atom stereocenters. The van der Waals surface area contributed by atoms with Crippen LogP contribution >= 0.6 is 0 Å². The minimum absolute atomic E-state index is 0. The van der Waals surface area contributed by atoms with E-state index < -0.39 is 188 Å². The monoisotopic (exact) mass is 1340 g/mol. The van der Waals surface area contributed by atoms with Crippen LogP contribution in [0, 0.1) is 18.5 Å². The fourth-order valence-corrected chi connectivity index (χ4v) is 11.8. The summed E-state index contributed by atoms with van der Waals surface area (Å²) in [4.78, 5) is 4.80. The van der Waals surface area contributed by atoms with Crippen LogP contribution in [0.4, 0.5) is 0 Å². The predicted octanol–water partition coefficient (Wildman–Crippen LogP) is 20.2. The number of benzene rings is 9. The van der Waals surface area contributed by atoms with Crippen LogP contribution in [-0.4, -0.2) is 14.1 Å². The van der Waals surface area contributed by atoms with Gasteiger partial charge in [-0.3, -0.25) is 4.57 Å². The Bertz CT molecular complexity index is 6400. The van der Waals surface area contributed by atoms with Gasteiger partial charge >= 0.3 is 0 Å². The molecule has 0 radical (unpaired) electrons. The summed E-state index contributed by atoms with van der Waals surface area (Å²) < 4.78 is 366. The van der Waals surface area contributed by atoms with Crippen molar-refractivity contribution in [1.29, 1.82) is 0 Å². The Morgan fingerprint density at radius 2 is 1.13 bits per heavy atom. The van der Waals surface area contributed by atoms with E-state index in [0.717, 1.165) is 34.0 Å². The summed E-state index contributed by atoms with van der Waals surface area (Å²) in [6.07, 6.45) is -13.8. The fraction of sp³-hybridized carbons (Fsp3) is 0.250. The number of aromatic nitrogens is 4. The molecule has 6 heteroatoms. The van der Waals surface area contributed by atoms with Crippen molar-refractivity contribution >= 4 is 32.8 Å². The van der Waals surface area contributed by atoms with Crippen LogP contribution in [0.25, 0.3) is 106 Å². The van der Waals surface area contributed by atoms with Crippen molar-refractivity contribution in [3.05, 3.63) is 234 Å². The van der Waals surface area contributed by atoms with Gasteiger partial charge < -0.3 is 13.9 Å². The van der Waals surface area contributed by atoms with Crippen molar-refractivity contribution in [2.24, 2.45) is 0 Å². The number of imidazole rings is 1. The molecule has 0 bridgehead atoms. The van der Waals surface area contributed by atoms with Gasteiger partial charge in [0.1, 0.15) is 5.82 Å². The molecule has 86 heavy (non-hydrogen) atoms. The summed E-state index contributed by atoms with van der Waals surface area (Å²) in [6, 6.07) is 36.2. The maximum Gasteiger partial charge on any atom is 0.268 e. The minimum atomic E-state index is -4.77. The van der Waals surface area contributed by atoms with Crippen LogP contribution in [0.15, 0.2) is 188 Å². The Balaban J connectivity index is 0.0000125. The molecular formula is C80H72N4OPt-2. The van der Waals surface area contributed by atoms with E-state index in [1.165, 1.54) is 33.4 Å². The zero-order valence-electron chi connectivity index (χ0n) is 83.9. The van der Waals surface area contributed by atoms with Gasteiger partial charge in [-0.15, -0.1) is 29.7 Å². The zero-order chi connectivity index (χ0) is 90.9. The van der Waals surface area contributed by atoms with Crippen molar-refractivity contribution < 1.29 is 82.5 Å². The fourth-order valence-electron chi connectivity index (χ4n) is 11.8. The van der Waals surface area contributed by atoms with Crippen molar-refractivity contribution in [3.8, 4) is 84.3 Å². The Morgan fingerprint density at radius 1 is 0.535 bits per heavy atom. The molecule has 5 nitrogen and oxygen atoms in total. The van der Waals surface area contributed by atoms with Gasteiger partial charge in [-0.05, 0) is 171 Å². The number of pyridine rings is 1. The molecule has 430 valence electrons. The molecule has 3 aromatic heterocycles. The van der Waals surface area contributed by atoms with Crippen LogP contribution < -0.4 is 9.30 Å². The molecule has 15 rings (SSSR count). The van der Waals surface area contributed by atoms with Gasteiger partial charge in [0.25, 0.3) is 6.33 Å². The maximum atomic E-state index is 10.6. The third-order valence-corrected chi connectivity index (χ3v) is 15.9. The summed E-state index contributed by atoms with van der Waals surface area (Å²) in [6.45, 7) is -29.4. The van der Waals surface area contributed by atoms with E-state index in [9.17, 15) is 27.4 Å². The largest absolute Gasteiger partial charge is 0.510 e. The topological polar surface area (TPSA) is 35.9 Å². The second kappa shape index (κ2) is 20.0. The molecule has 0 saturated heterocycles. The Hall–Kier alpha value is -8.11. The van der Waals surface area contributed by atoms with Crippen molar-refractivity contribution in [2.75, 3.05) is 0 Å². The second-order valence-corrected chi connectivity index (χ2v) is 22.5. The van der Waals surface area contributed by atoms with Crippen LogP contribution in [0.3, 0.4) is 0 Å². The average Bonchev–Trinajstić information content (AvgIpc) is 0.744. The van der Waals surface area contributed by atoms with Crippen LogP contribution in [0.1, 0.15) is 181 Å². The molecule has 2 aliphatic carbocycles. The first-order chi connectivity index (χ1) is 56.3. The molecule has 0 unspecified atom stereocenters. The molecule has 0 amide bonds. The number of para-hydroxylation sites is 3. The number of hydrogen-bond acceptors (Lipinski definition) is 2. The molecule has 0 fully saturated rings. The number of ether oxygens (including phenoxy) is 1. The average molecular weight is 1340 g/mol. The van der Waals surface area contributed by atoms with Gasteiger partial charge in [0.2, 0.25) is 0 Å². The van der Waals surface area contributed by atoms with E-state index in [4.69, 9.17) is 34.4 Å². The van der Waals surface area contributed by atoms with Crippen molar-refractivity contribution in [2.45, 2.75) is 128 Å². The molecule has 3 aliphatic rings. The second-order valence-electron chi connectivity index (χ2n) is 22.5. The van der Waals surface area contributed by atoms with Crippen molar-refractivity contribution in [1.82, 2.24) is 14.1 Å². The third-order valence-electron chi connectivity index (χ3n) is 15.9. The van der Waals surface area contributed by atoms with Gasteiger partial charge in [0, 0.05) is 88.1 Å². The van der Waals surface area contributed by atoms with E-state index in [1.807, 2.05) is 47.0 Å². The van der Waals surface area contributed by atoms with Crippen molar-refractivity contribution in [3.63, 3.8) is 0 Å². The third kappa shape index (κ3) is 8.96. The Kier molecular flexibility index (Phi) is 6.44. The first kappa shape index (κ1) is 27.7. The number of rotatable bonds is 6. The standard InChI is InChI=1S/C80H72N4O.Pt/c1-76(2,3)53-37-42-81-73(46-53)84-70-27-15-14-23-61(70)62-34-32-56(48-72(62)84)85-55-20-16-19-54(47-55)82-49-83-74-57(52-31-36-67-69(45-52)80(10,11)41-39-78(67,6)7)24-17-25-64(74)65-43-50(51-30-35-66-68(44-51)79(8,9)40-38-77(66,4)5)29-33-60(65)58-21-12-13-22-59(58)63-26-18-28-71(82)75(63)83;/h12-37,42-46H,38-41H2,1-11H3;/q-2;/i4D3,5D3,6D3,7D3,8D3,9D3,10D3,11D3,30D,31D,35D,36D,38D2,39D2,40D2,41D2,44D,45D;.